The fraction of sp³-hybridized carbons (Fsp3) is 0.103. The monoisotopic (exact) mass is 499 g/mol. The van der Waals surface area contributed by atoms with E-state index in [9.17, 15) is 18.0 Å². The first-order valence-corrected chi connectivity index (χ1v) is 12.8. The maximum atomic E-state index is 13.2. The van der Waals surface area contributed by atoms with Crippen molar-refractivity contribution in [2.75, 3.05) is 4.72 Å². The van der Waals surface area contributed by atoms with Crippen LogP contribution in [0.2, 0.25) is 0 Å². The fourth-order valence-corrected chi connectivity index (χ4v) is 4.93. The van der Waals surface area contributed by atoms with Crippen LogP contribution in [0.5, 0.6) is 0 Å². The second-order valence-corrected chi connectivity index (χ2v) is 10.1. The molecule has 0 aliphatic rings. The predicted octanol–water partition coefficient (Wildman–Crippen LogP) is 5.89. The molecule has 0 aliphatic carbocycles. The number of rotatable bonds is 8. The summed E-state index contributed by atoms with van der Waals surface area (Å²) < 4.78 is 34.3. The van der Waals surface area contributed by atoms with Crippen molar-refractivity contribution in [2.24, 2.45) is 0 Å². The third-order valence-electron chi connectivity index (χ3n) is 5.63. The predicted molar refractivity (Wildman–Crippen MR) is 139 cm³/mol. The van der Waals surface area contributed by atoms with E-state index in [1.54, 1.807) is 66.7 Å². The van der Waals surface area contributed by atoms with Gasteiger partial charge in [-0.3, -0.25) is 9.52 Å². The molecular formula is C29H25NO5S. The Kier molecular flexibility index (Phi) is 7.31. The molecule has 1 atom stereocenters. The van der Waals surface area contributed by atoms with Gasteiger partial charge in [-0.1, -0.05) is 84.4 Å². The highest BCUT2D eigenvalue weighted by atomic mass is 32.2. The Hall–Kier alpha value is -4.23. The Bertz CT molecular complexity index is 1500. The van der Waals surface area contributed by atoms with Gasteiger partial charge in [0, 0.05) is 11.1 Å². The van der Waals surface area contributed by atoms with E-state index in [4.69, 9.17) is 4.74 Å². The summed E-state index contributed by atoms with van der Waals surface area (Å²) in [5.41, 5.74) is 3.16. The lowest BCUT2D eigenvalue weighted by Crippen LogP contribution is -2.21. The number of aryl methyl sites for hydroxylation is 2. The lowest BCUT2D eigenvalue weighted by Gasteiger charge is -2.18. The van der Waals surface area contributed by atoms with Crippen molar-refractivity contribution in [2.45, 2.75) is 24.8 Å². The van der Waals surface area contributed by atoms with Crippen molar-refractivity contribution in [1.29, 1.82) is 0 Å². The molecule has 6 nitrogen and oxygen atoms in total. The summed E-state index contributed by atoms with van der Waals surface area (Å²) >= 11 is 0. The van der Waals surface area contributed by atoms with Crippen molar-refractivity contribution in [1.82, 2.24) is 0 Å². The third kappa shape index (κ3) is 5.70. The molecule has 0 saturated carbocycles. The van der Waals surface area contributed by atoms with Gasteiger partial charge in [0.25, 0.3) is 10.0 Å². The number of Topliss-reactive ketones (excluding diaryl/α,β-unsaturated/α-hetero) is 1. The maximum Gasteiger partial charge on any atom is 0.339 e. The first-order valence-electron chi connectivity index (χ1n) is 11.3. The first-order chi connectivity index (χ1) is 17.2. The number of ether oxygens (including phenoxy) is 1. The number of nitrogens with one attached hydrogen (secondary N) is 1. The number of benzene rings is 4. The average molecular weight is 500 g/mol. The van der Waals surface area contributed by atoms with Crippen LogP contribution in [0.25, 0.3) is 0 Å². The summed E-state index contributed by atoms with van der Waals surface area (Å²) in [6, 6.07) is 28.2. The zero-order valence-corrected chi connectivity index (χ0v) is 20.7. The molecule has 182 valence electrons. The highest BCUT2D eigenvalue weighted by Crippen LogP contribution is 2.26. The normalized spacial score (nSPS) is 11.9. The highest BCUT2D eigenvalue weighted by molar-refractivity contribution is 7.92. The van der Waals surface area contributed by atoms with Gasteiger partial charge < -0.3 is 4.74 Å². The summed E-state index contributed by atoms with van der Waals surface area (Å²) in [4.78, 5) is 26.2. The Labute approximate surface area is 210 Å². The van der Waals surface area contributed by atoms with E-state index in [0.29, 0.717) is 16.8 Å². The van der Waals surface area contributed by atoms with E-state index >= 15 is 0 Å². The van der Waals surface area contributed by atoms with Crippen LogP contribution in [0.15, 0.2) is 108 Å². The van der Waals surface area contributed by atoms with Crippen molar-refractivity contribution in [3.63, 3.8) is 0 Å². The van der Waals surface area contributed by atoms with Gasteiger partial charge in [0.15, 0.2) is 6.10 Å². The zero-order chi connectivity index (χ0) is 25.7. The molecule has 4 rings (SSSR count). The topological polar surface area (TPSA) is 89.5 Å². The van der Waals surface area contributed by atoms with E-state index < -0.39 is 22.1 Å². The van der Waals surface area contributed by atoms with Gasteiger partial charge >= 0.3 is 5.97 Å². The van der Waals surface area contributed by atoms with E-state index in [2.05, 4.69) is 4.72 Å². The molecule has 0 aromatic heterocycles. The molecule has 0 amide bonds. The number of anilines is 1. The number of hydrogen-bond acceptors (Lipinski definition) is 5. The van der Waals surface area contributed by atoms with E-state index in [0.717, 1.165) is 11.1 Å². The second-order valence-electron chi connectivity index (χ2n) is 8.38. The Balaban J connectivity index is 1.61. The van der Waals surface area contributed by atoms with Gasteiger partial charge in [-0.25, -0.2) is 13.2 Å². The molecule has 1 N–H and O–H groups in total. The summed E-state index contributed by atoms with van der Waals surface area (Å²) in [7, 11) is -3.97. The number of carbonyl (C=O) groups is 2. The summed E-state index contributed by atoms with van der Waals surface area (Å²) in [6.07, 6.45) is -1.19. The van der Waals surface area contributed by atoms with Gasteiger partial charge in [-0.05, 0) is 43.7 Å². The molecule has 0 aliphatic heterocycles. The van der Waals surface area contributed by atoms with Crippen LogP contribution < -0.4 is 4.72 Å². The van der Waals surface area contributed by atoms with Crippen LogP contribution in [-0.4, -0.2) is 20.2 Å². The smallest absolute Gasteiger partial charge is 0.339 e. The summed E-state index contributed by atoms with van der Waals surface area (Å²) in [5.74, 6) is -1.19. The van der Waals surface area contributed by atoms with E-state index in [1.807, 2.05) is 26.0 Å². The van der Waals surface area contributed by atoms with Crippen molar-refractivity contribution in [3.05, 3.63) is 131 Å². The molecule has 0 heterocycles. The van der Waals surface area contributed by atoms with Crippen LogP contribution >= 0.6 is 0 Å². The molecule has 4 aromatic carbocycles. The average Bonchev–Trinajstić information content (AvgIpc) is 2.89. The maximum absolute atomic E-state index is 13.2. The SMILES string of the molecule is Cc1ccc(NS(=O)(=O)c2cccc(C(=O)OC(C(=O)c3ccccc3)c3ccccc3)c2)c(C)c1. The minimum atomic E-state index is -3.97. The lowest BCUT2D eigenvalue weighted by atomic mass is 10.00. The highest BCUT2D eigenvalue weighted by Gasteiger charge is 2.27. The third-order valence-corrected chi connectivity index (χ3v) is 6.99. The molecule has 0 spiro atoms. The standard InChI is InChI=1S/C29H25NO5S/c1-20-16-17-26(21(2)18-20)30-36(33,34)25-15-9-14-24(19-25)29(32)35-28(23-12-7-4-8-13-23)27(31)22-10-5-3-6-11-22/h3-19,28,30H,1-2H3. The first kappa shape index (κ1) is 24.9. The fourth-order valence-electron chi connectivity index (χ4n) is 3.75. The number of esters is 1. The van der Waals surface area contributed by atoms with E-state index in [-0.39, 0.29) is 16.2 Å². The Morgan fingerprint density at radius 3 is 2.06 bits per heavy atom. The molecule has 7 heteroatoms. The largest absolute Gasteiger partial charge is 0.445 e. The Morgan fingerprint density at radius 1 is 0.750 bits per heavy atom. The van der Waals surface area contributed by atoms with Gasteiger partial charge in [0.1, 0.15) is 0 Å². The number of hydrogen-bond donors (Lipinski definition) is 1. The molecular weight excluding hydrogens is 474 g/mol. The van der Waals surface area contributed by atoms with Crippen molar-refractivity contribution >= 4 is 27.5 Å². The molecule has 0 fully saturated rings. The van der Waals surface area contributed by atoms with Crippen LogP contribution in [0.1, 0.15) is 43.5 Å². The number of carbonyl (C=O) groups excluding carboxylic acids is 2. The van der Waals surface area contributed by atoms with Crippen LogP contribution in [-0.2, 0) is 14.8 Å². The quantitative estimate of drug-likeness (QED) is 0.241. The van der Waals surface area contributed by atoms with Crippen LogP contribution in [0.4, 0.5) is 5.69 Å². The van der Waals surface area contributed by atoms with Gasteiger partial charge in [-0.15, -0.1) is 0 Å². The molecule has 36 heavy (non-hydrogen) atoms. The zero-order valence-electron chi connectivity index (χ0n) is 19.8. The van der Waals surface area contributed by atoms with Gasteiger partial charge in [-0.2, -0.15) is 0 Å². The minimum absolute atomic E-state index is 0.0142. The van der Waals surface area contributed by atoms with E-state index in [1.165, 1.54) is 24.3 Å². The lowest BCUT2D eigenvalue weighted by molar-refractivity contribution is 0.0280. The molecule has 0 saturated heterocycles. The van der Waals surface area contributed by atoms with Crippen LogP contribution in [0, 0.1) is 13.8 Å². The molecule has 0 bridgehead atoms. The van der Waals surface area contributed by atoms with Crippen molar-refractivity contribution in [3.8, 4) is 0 Å². The molecule has 4 aromatic rings. The molecule has 1 unspecified atom stereocenters. The van der Waals surface area contributed by atoms with Gasteiger partial charge in [0.05, 0.1) is 16.1 Å². The van der Waals surface area contributed by atoms with Crippen molar-refractivity contribution < 1.29 is 22.7 Å². The Morgan fingerprint density at radius 2 is 1.39 bits per heavy atom. The minimum Gasteiger partial charge on any atom is -0.445 e. The summed E-state index contributed by atoms with van der Waals surface area (Å²) in [6.45, 7) is 3.73. The second kappa shape index (κ2) is 10.6. The number of ketones is 1. The van der Waals surface area contributed by atoms with Gasteiger partial charge in [0.2, 0.25) is 5.78 Å². The summed E-state index contributed by atoms with van der Waals surface area (Å²) in [5, 5.41) is 0. The number of sulfonamides is 1. The van der Waals surface area contributed by atoms with Crippen LogP contribution in [0.3, 0.4) is 0 Å². The molecule has 0 radical (unpaired) electrons.